The summed E-state index contributed by atoms with van der Waals surface area (Å²) in [6.45, 7) is 4.16. The summed E-state index contributed by atoms with van der Waals surface area (Å²) in [7, 11) is 1.62. The Morgan fingerprint density at radius 1 is 1.54 bits per heavy atom. The molecule has 7 nitrogen and oxygen atoms in total. The number of anilines is 1. The van der Waals surface area contributed by atoms with E-state index in [4.69, 9.17) is 5.73 Å². The zero-order valence-corrected chi connectivity index (χ0v) is 13.7. The lowest BCUT2D eigenvalue weighted by Crippen LogP contribution is -2.33. The molecule has 1 aliphatic rings. The molecule has 24 heavy (non-hydrogen) atoms. The number of aromatic nitrogens is 2. The number of benzene rings is 1. The number of hydrogen-bond acceptors (Lipinski definition) is 4. The van der Waals surface area contributed by atoms with E-state index in [1.807, 2.05) is 13.8 Å². The Labute approximate surface area is 138 Å². The van der Waals surface area contributed by atoms with Crippen LogP contribution in [0, 0.1) is 5.82 Å². The van der Waals surface area contributed by atoms with Crippen LogP contribution in [-0.2, 0) is 0 Å². The number of rotatable bonds is 2. The highest BCUT2D eigenvalue weighted by Crippen LogP contribution is 2.35. The van der Waals surface area contributed by atoms with E-state index >= 15 is 0 Å². The van der Waals surface area contributed by atoms with E-state index in [2.05, 4.69) is 20.4 Å². The van der Waals surface area contributed by atoms with Crippen LogP contribution in [0.15, 0.2) is 26.9 Å². The summed E-state index contributed by atoms with van der Waals surface area (Å²) in [5.74, 6) is -0.235. The van der Waals surface area contributed by atoms with E-state index in [1.54, 1.807) is 7.05 Å². The monoisotopic (exact) mass is 330 g/mol. The normalized spacial score (nSPS) is 17.7. The number of hydrogen-bond donors (Lipinski definition) is 2. The average Bonchev–Trinajstić information content (AvgIpc) is 2.55. The van der Waals surface area contributed by atoms with Gasteiger partial charge in [-0.15, -0.1) is 0 Å². The molecule has 0 aliphatic carbocycles. The summed E-state index contributed by atoms with van der Waals surface area (Å²) in [5, 5.41) is 8.60. The van der Waals surface area contributed by atoms with Crippen molar-refractivity contribution in [3.8, 4) is 0 Å². The van der Waals surface area contributed by atoms with Crippen molar-refractivity contribution in [1.29, 1.82) is 0 Å². The van der Waals surface area contributed by atoms with Crippen molar-refractivity contribution in [3.05, 3.63) is 34.0 Å². The Hall–Kier alpha value is -2.77. The zero-order valence-electron chi connectivity index (χ0n) is 13.7. The molecule has 0 fully saturated rings. The second-order valence-electron chi connectivity index (χ2n) is 5.90. The van der Waals surface area contributed by atoms with Gasteiger partial charge in [-0.2, -0.15) is 5.10 Å². The Kier molecular flexibility index (Phi) is 4.04. The quantitative estimate of drug-likeness (QED) is 0.646. The second-order valence-corrected chi connectivity index (χ2v) is 5.90. The van der Waals surface area contributed by atoms with Gasteiger partial charge in [-0.05, 0) is 26.0 Å². The van der Waals surface area contributed by atoms with Gasteiger partial charge in [0.15, 0.2) is 0 Å². The van der Waals surface area contributed by atoms with Crippen molar-refractivity contribution in [2.24, 2.45) is 15.7 Å². The number of aliphatic imine (C=N–C) groups is 2. The maximum atomic E-state index is 13.9. The Bertz CT molecular complexity index is 915. The van der Waals surface area contributed by atoms with E-state index in [-0.39, 0.29) is 17.5 Å². The van der Waals surface area contributed by atoms with E-state index in [9.17, 15) is 9.18 Å². The molecule has 1 aromatic carbocycles. The molecule has 0 saturated carbocycles. The molecule has 8 heteroatoms. The first kappa shape index (κ1) is 16.1. The molecule has 2 aromatic rings. The third-order valence-electron chi connectivity index (χ3n) is 4.08. The van der Waals surface area contributed by atoms with Gasteiger partial charge in [0.2, 0.25) is 0 Å². The van der Waals surface area contributed by atoms with Crippen molar-refractivity contribution in [2.75, 3.05) is 18.9 Å². The van der Waals surface area contributed by atoms with Crippen LogP contribution < -0.4 is 16.6 Å². The van der Waals surface area contributed by atoms with E-state index in [0.717, 1.165) is 0 Å². The number of nitrogens with zero attached hydrogens (tertiary/aromatic N) is 4. The van der Waals surface area contributed by atoms with Gasteiger partial charge in [-0.3, -0.25) is 9.79 Å². The van der Waals surface area contributed by atoms with E-state index < -0.39 is 5.82 Å². The molecular weight excluding hydrogens is 311 g/mol. The molecule has 1 unspecified atom stereocenters. The summed E-state index contributed by atoms with van der Waals surface area (Å²) in [4.78, 5) is 20.9. The van der Waals surface area contributed by atoms with Crippen molar-refractivity contribution in [3.63, 3.8) is 0 Å². The molecule has 0 radical (unpaired) electrons. The van der Waals surface area contributed by atoms with Crippen LogP contribution in [0.5, 0.6) is 0 Å². The molecular formula is C16H19FN6O. The van der Waals surface area contributed by atoms with E-state index in [0.29, 0.717) is 34.5 Å². The average molecular weight is 330 g/mol. The van der Waals surface area contributed by atoms with Gasteiger partial charge in [0.05, 0.1) is 29.4 Å². The van der Waals surface area contributed by atoms with Crippen LogP contribution in [0.25, 0.3) is 10.8 Å². The second kappa shape index (κ2) is 6.03. The fourth-order valence-electron chi connectivity index (χ4n) is 3.02. The molecule has 1 aromatic heterocycles. The largest absolute Gasteiger partial charge is 0.390 e. The lowest BCUT2D eigenvalue weighted by atomic mass is 9.93. The van der Waals surface area contributed by atoms with Crippen molar-refractivity contribution < 1.29 is 4.39 Å². The molecule has 3 N–H and O–H groups in total. The fraction of sp³-hybridized carbons (Fsp3) is 0.375. The smallest absolute Gasteiger partial charge is 0.275 e. The highest BCUT2D eigenvalue weighted by atomic mass is 19.1. The summed E-state index contributed by atoms with van der Waals surface area (Å²) in [5.41, 5.74) is 6.30. The van der Waals surface area contributed by atoms with Crippen molar-refractivity contribution in [2.45, 2.75) is 25.8 Å². The Morgan fingerprint density at radius 2 is 2.29 bits per heavy atom. The minimum absolute atomic E-state index is 0.152. The predicted octanol–water partition coefficient (Wildman–Crippen LogP) is 1.64. The molecule has 1 aliphatic heterocycles. The van der Waals surface area contributed by atoms with Crippen LogP contribution in [0.4, 0.5) is 10.1 Å². The van der Waals surface area contributed by atoms with Crippen LogP contribution in [0.3, 0.4) is 0 Å². The number of nitrogens with two attached hydrogens (primary N) is 1. The lowest BCUT2D eigenvalue weighted by Gasteiger charge is -2.27. The molecule has 3 rings (SSSR count). The molecule has 2 heterocycles. The lowest BCUT2D eigenvalue weighted by molar-refractivity contribution is 0.496. The third-order valence-corrected chi connectivity index (χ3v) is 4.08. The summed E-state index contributed by atoms with van der Waals surface area (Å²) in [6, 6.07) is 2.47. The van der Waals surface area contributed by atoms with Gasteiger partial charge in [0.25, 0.3) is 5.56 Å². The zero-order chi connectivity index (χ0) is 17.4. The molecule has 126 valence electrons. The fourth-order valence-corrected chi connectivity index (χ4v) is 3.02. The number of nitrogens with one attached hydrogen (secondary N) is 1. The highest BCUT2D eigenvalue weighted by Gasteiger charge is 2.30. The van der Waals surface area contributed by atoms with Gasteiger partial charge in [-0.25, -0.2) is 14.1 Å². The Morgan fingerprint density at radius 3 is 2.92 bits per heavy atom. The predicted molar refractivity (Wildman–Crippen MR) is 93.6 cm³/mol. The Balaban J connectivity index is 2.39. The topological polar surface area (TPSA) is 97.7 Å². The highest BCUT2D eigenvalue weighted by molar-refractivity contribution is 6.03. The van der Waals surface area contributed by atoms with Crippen molar-refractivity contribution >= 4 is 28.6 Å². The van der Waals surface area contributed by atoms with Gasteiger partial charge in [0, 0.05) is 24.7 Å². The SMILES string of the molecule is CN=C(N=CN)C1CNc2cc(F)cc3c(=O)n(C(C)C)nc1c23. The molecule has 1 atom stereocenters. The molecule has 0 bridgehead atoms. The summed E-state index contributed by atoms with van der Waals surface area (Å²) in [6.07, 6.45) is 1.18. The van der Waals surface area contributed by atoms with Crippen LogP contribution in [0.1, 0.15) is 31.5 Å². The van der Waals surface area contributed by atoms with Gasteiger partial charge < -0.3 is 11.1 Å². The maximum Gasteiger partial charge on any atom is 0.275 e. The molecule has 0 amide bonds. The summed E-state index contributed by atoms with van der Waals surface area (Å²) >= 11 is 0. The minimum atomic E-state index is -0.461. The maximum absolute atomic E-state index is 13.9. The van der Waals surface area contributed by atoms with Crippen LogP contribution in [0.2, 0.25) is 0 Å². The summed E-state index contributed by atoms with van der Waals surface area (Å²) < 4.78 is 15.3. The first-order valence-electron chi connectivity index (χ1n) is 7.68. The first-order valence-corrected chi connectivity index (χ1v) is 7.68. The van der Waals surface area contributed by atoms with Crippen LogP contribution in [-0.4, -0.2) is 35.5 Å². The van der Waals surface area contributed by atoms with Gasteiger partial charge >= 0.3 is 0 Å². The van der Waals surface area contributed by atoms with Crippen LogP contribution >= 0.6 is 0 Å². The third kappa shape index (κ3) is 2.44. The number of amidine groups is 1. The minimum Gasteiger partial charge on any atom is -0.390 e. The first-order chi connectivity index (χ1) is 11.5. The molecule has 0 saturated heterocycles. The van der Waals surface area contributed by atoms with Gasteiger partial charge in [-0.1, -0.05) is 0 Å². The number of halogens is 1. The van der Waals surface area contributed by atoms with Crippen molar-refractivity contribution in [1.82, 2.24) is 9.78 Å². The molecule has 0 spiro atoms. The van der Waals surface area contributed by atoms with E-state index in [1.165, 1.54) is 23.2 Å². The van der Waals surface area contributed by atoms with Gasteiger partial charge in [0.1, 0.15) is 11.7 Å². The standard InChI is InChI=1S/C16H19FN6O/c1-8(2)23-16(24)10-4-9(17)5-12-13(10)14(22-23)11(6-20-12)15(19-3)21-7-18/h4-5,7-8,11,20H,6H2,1-3H3,(H2,18,19,21).